The zero-order valence-electron chi connectivity index (χ0n) is 15.4. The van der Waals surface area contributed by atoms with Crippen LogP contribution in [0.4, 0.5) is 0 Å². The summed E-state index contributed by atoms with van der Waals surface area (Å²) >= 11 is 9.67. The number of thiocarbonyl (C=S) groups is 1. The molecule has 0 spiro atoms. The Morgan fingerprint density at radius 1 is 0.727 bits per heavy atom. The molecule has 0 aromatic rings. The maximum absolute atomic E-state index is 5.28. The van der Waals surface area contributed by atoms with Crippen LogP contribution in [0.1, 0.15) is 91.9 Å². The third-order valence-corrected chi connectivity index (χ3v) is 4.73. The van der Waals surface area contributed by atoms with E-state index in [0.29, 0.717) is 0 Å². The molecule has 0 bridgehead atoms. The van der Waals surface area contributed by atoms with Crippen LogP contribution in [0.5, 0.6) is 0 Å². The first kappa shape index (κ1) is 22.2. The first-order valence-electron chi connectivity index (χ1n) is 9.41. The van der Waals surface area contributed by atoms with Crippen LogP contribution in [0.25, 0.3) is 0 Å². The molecular weight excluding hydrogens is 306 g/mol. The molecule has 0 unspecified atom stereocenters. The lowest BCUT2D eigenvalue weighted by Gasteiger charge is -2.22. The van der Waals surface area contributed by atoms with Gasteiger partial charge in [-0.25, -0.2) is 0 Å². The van der Waals surface area contributed by atoms with E-state index in [-0.39, 0.29) is 0 Å². The van der Waals surface area contributed by atoms with Crippen molar-refractivity contribution in [2.75, 3.05) is 13.1 Å². The lowest BCUT2D eigenvalue weighted by atomic mass is 10.0. The van der Waals surface area contributed by atoms with Gasteiger partial charge in [-0.1, -0.05) is 91.3 Å². The van der Waals surface area contributed by atoms with E-state index in [2.05, 4.69) is 45.2 Å². The minimum Gasteiger partial charge on any atom is -0.358 e. The van der Waals surface area contributed by atoms with Crippen LogP contribution >= 0.6 is 24.8 Å². The molecule has 0 atom stereocenters. The SMILES string of the molecule is CC(C)CCCCCCN(CCCCCCC(C)C)C(=S)S. The van der Waals surface area contributed by atoms with Gasteiger partial charge in [0.25, 0.3) is 0 Å². The fourth-order valence-electron chi connectivity index (χ4n) is 2.72. The molecule has 1 nitrogen and oxygen atoms in total. The Labute approximate surface area is 151 Å². The number of thiol groups is 1. The van der Waals surface area contributed by atoms with Gasteiger partial charge < -0.3 is 4.90 Å². The molecule has 3 heteroatoms. The highest BCUT2D eigenvalue weighted by Crippen LogP contribution is 2.12. The Hall–Kier alpha value is 0.240. The van der Waals surface area contributed by atoms with Gasteiger partial charge in [-0.2, -0.15) is 0 Å². The van der Waals surface area contributed by atoms with E-state index in [9.17, 15) is 0 Å². The summed E-state index contributed by atoms with van der Waals surface area (Å²) in [5, 5.41) is 0. The summed E-state index contributed by atoms with van der Waals surface area (Å²) in [6.07, 6.45) is 13.4. The van der Waals surface area contributed by atoms with Gasteiger partial charge in [-0.3, -0.25) is 0 Å². The van der Waals surface area contributed by atoms with Gasteiger partial charge in [0.2, 0.25) is 0 Å². The van der Waals surface area contributed by atoms with Crippen molar-refractivity contribution in [3.8, 4) is 0 Å². The Kier molecular flexibility index (Phi) is 15.0. The summed E-state index contributed by atoms with van der Waals surface area (Å²) in [5.74, 6) is 1.69. The standard InChI is InChI=1S/C19H39NS2/c1-17(2)13-9-5-7-11-15-20(19(21)22)16-12-8-6-10-14-18(3)4/h17-18H,5-16H2,1-4H3,(H,21,22). The molecule has 0 aromatic carbocycles. The van der Waals surface area contributed by atoms with Crippen molar-refractivity contribution in [3.63, 3.8) is 0 Å². The second-order valence-electron chi connectivity index (χ2n) is 7.46. The average Bonchev–Trinajstić information content (AvgIpc) is 2.42. The summed E-state index contributed by atoms with van der Waals surface area (Å²) in [6, 6.07) is 0. The van der Waals surface area contributed by atoms with Crippen LogP contribution in [0.3, 0.4) is 0 Å². The van der Waals surface area contributed by atoms with Crippen molar-refractivity contribution >= 4 is 29.2 Å². The molecule has 0 heterocycles. The monoisotopic (exact) mass is 345 g/mol. The Bertz CT molecular complexity index is 244. The highest BCUT2D eigenvalue weighted by Gasteiger charge is 2.06. The number of unbranched alkanes of at least 4 members (excludes halogenated alkanes) is 6. The zero-order valence-corrected chi connectivity index (χ0v) is 17.2. The van der Waals surface area contributed by atoms with Crippen LogP contribution in [-0.4, -0.2) is 22.3 Å². The summed E-state index contributed by atoms with van der Waals surface area (Å²) in [4.78, 5) is 2.29. The first-order valence-corrected chi connectivity index (χ1v) is 10.3. The van der Waals surface area contributed by atoms with Crippen LogP contribution in [0.2, 0.25) is 0 Å². The van der Waals surface area contributed by atoms with Gasteiger partial charge >= 0.3 is 0 Å². The molecule has 22 heavy (non-hydrogen) atoms. The summed E-state index contributed by atoms with van der Waals surface area (Å²) < 4.78 is 0.782. The lowest BCUT2D eigenvalue weighted by molar-refractivity contribution is 0.391. The Morgan fingerprint density at radius 2 is 1.09 bits per heavy atom. The van der Waals surface area contributed by atoms with E-state index in [1.807, 2.05) is 0 Å². The fraction of sp³-hybridized carbons (Fsp3) is 0.947. The average molecular weight is 346 g/mol. The van der Waals surface area contributed by atoms with Crippen molar-refractivity contribution in [2.24, 2.45) is 11.8 Å². The van der Waals surface area contributed by atoms with Gasteiger partial charge in [0, 0.05) is 13.1 Å². The van der Waals surface area contributed by atoms with Crippen molar-refractivity contribution in [3.05, 3.63) is 0 Å². The third kappa shape index (κ3) is 15.1. The van der Waals surface area contributed by atoms with Gasteiger partial charge in [0.1, 0.15) is 4.32 Å². The minimum atomic E-state index is 0.782. The van der Waals surface area contributed by atoms with E-state index >= 15 is 0 Å². The molecule has 0 aliphatic heterocycles. The zero-order chi connectivity index (χ0) is 16.8. The number of rotatable bonds is 14. The quantitative estimate of drug-likeness (QED) is 0.211. The largest absolute Gasteiger partial charge is 0.358 e. The summed E-state index contributed by atoms with van der Waals surface area (Å²) in [7, 11) is 0. The first-order chi connectivity index (χ1) is 10.4. The van der Waals surface area contributed by atoms with E-state index in [0.717, 1.165) is 29.2 Å². The number of hydrogen-bond donors (Lipinski definition) is 1. The Morgan fingerprint density at radius 3 is 1.41 bits per heavy atom. The molecule has 0 aliphatic rings. The van der Waals surface area contributed by atoms with Crippen LogP contribution in [-0.2, 0) is 0 Å². The van der Waals surface area contributed by atoms with Crippen LogP contribution in [0.15, 0.2) is 0 Å². The minimum absolute atomic E-state index is 0.782. The Balaban J connectivity index is 3.59. The molecule has 0 amide bonds. The predicted molar refractivity (Wildman–Crippen MR) is 109 cm³/mol. The summed E-state index contributed by atoms with van der Waals surface area (Å²) in [6.45, 7) is 11.4. The smallest absolute Gasteiger partial charge is 0.133 e. The van der Waals surface area contributed by atoms with E-state index in [4.69, 9.17) is 12.2 Å². The van der Waals surface area contributed by atoms with Crippen LogP contribution < -0.4 is 0 Å². The normalized spacial score (nSPS) is 11.4. The molecule has 0 N–H and O–H groups in total. The van der Waals surface area contributed by atoms with E-state index in [1.165, 1.54) is 64.2 Å². The molecule has 0 saturated heterocycles. The lowest BCUT2D eigenvalue weighted by Crippen LogP contribution is -2.28. The second kappa shape index (κ2) is 14.8. The van der Waals surface area contributed by atoms with Gasteiger partial charge in [-0.05, 0) is 24.7 Å². The fourth-order valence-corrected chi connectivity index (χ4v) is 3.10. The van der Waals surface area contributed by atoms with E-state index in [1.54, 1.807) is 0 Å². The molecule has 0 aromatic heterocycles. The third-order valence-electron chi connectivity index (χ3n) is 4.19. The van der Waals surface area contributed by atoms with Gasteiger partial charge in [0.15, 0.2) is 0 Å². The molecule has 0 fully saturated rings. The van der Waals surface area contributed by atoms with Crippen LogP contribution in [0, 0.1) is 11.8 Å². The maximum atomic E-state index is 5.28. The second-order valence-corrected chi connectivity index (χ2v) is 8.58. The molecule has 0 aliphatic carbocycles. The maximum Gasteiger partial charge on any atom is 0.133 e. The molecule has 0 rings (SSSR count). The summed E-state index contributed by atoms with van der Waals surface area (Å²) in [5.41, 5.74) is 0. The highest BCUT2D eigenvalue weighted by molar-refractivity contribution is 8.10. The number of hydrogen-bond acceptors (Lipinski definition) is 1. The number of nitrogens with zero attached hydrogens (tertiary/aromatic N) is 1. The van der Waals surface area contributed by atoms with Crippen molar-refractivity contribution in [1.82, 2.24) is 4.90 Å². The highest BCUT2D eigenvalue weighted by atomic mass is 32.1. The van der Waals surface area contributed by atoms with Gasteiger partial charge in [0.05, 0.1) is 0 Å². The molecule has 0 radical (unpaired) electrons. The van der Waals surface area contributed by atoms with E-state index < -0.39 is 0 Å². The van der Waals surface area contributed by atoms with Gasteiger partial charge in [-0.15, -0.1) is 12.6 Å². The molecule has 0 saturated carbocycles. The predicted octanol–water partition coefficient (Wildman–Crippen LogP) is 6.72. The molecule has 132 valence electrons. The topological polar surface area (TPSA) is 3.24 Å². The van der Waals surface area contributed by atoms with Crippen molar-refractivity contribution < 1.29 is 0 Å². The molecular formula is C19H39NS2. The van der Waals surface area contributed by atoms with Crippen molar-refractivity contribution in [2.45, 2.75) is 91.9 Å². The van der Waals surface area contributed by atoms with Crippen molar-refractivity contribution in [1.29, 1.82) is 0 Å².